The highest BCUT2D eigenvalue weighted by Crippen LogP contribution is 2.37. The van der Waals surface area contributed by atoms with Gasteiger partial charge in [0.25, 0.3) is 5.91 Å². The summed E-state index contributed by atoms with van der Waals surface area (Å²) in [6, 6.07) is 6.26. The summed E-state index contributed by atoms with van der Waals surface area (Å²) in [7, 11) is 1.95. The first kappa shape index (κ1) is 16.3. The molecule has 1 aliphatic carbocycles. The molecule has 1 aromatic carbocycles. The van der Waals surface area contributed by atoms with Crippen LogP contribution in [0.2, 0.25) is 0 Å². The zero-order valence-electron chi connectivity index (χ0n) is 12.2. The van der Waals surface area contributed by atoms with Crippen LogP contribution in [0.1, 0.15) is 49.9 Å². The molecule has 0 atom stereocenters. The van der Waals surface area contributed by atoms with E-state index in [2.05, 4.69) is 52.4 Å². The Kier molecular flexibility index (Phi) is 5.16. The van der Waals surface area contributed by atoms with Gasteiger partial charge in [-0.05, 0) is 71.9 Å². The topological polar surface area (TPSA) is 20.3 Å². The van der Waals surface area contributed by atoms with Crippen LogP contribution in [0, 0.1) is 8.99 Å². The molecule has 4 heteroatoms. The average molecular weight is 450 g/mol. The van der Waals surface area contributed by atoms with E-state index in [0.29, 0.717) is 11.5 Å². The number of halogens is 2. The van der Waals surface area contributed by atoms with Crippen LogP contribution < -0.4 is 0 Å². The first-order valence-electron chi connectivity index (χ1n) is 7.02. The van der Waals surface area contributed by atoms with Gasteiger partial charge in [-0.1, -0.05) is 29.8 Å². The number of benzene rings is 1. The van der Waals surface area contributed by atoms with Crippen LogP contribution in [-0.4, -0.2) is 23.9 Å². The minimum atomic E-state index is 0.139. The lowest BCUT2D eigenvalue weighted by Gasteiger charge is -2.38. The molecule has 110 valence electrons. The van der Waals surface area contributed by atoms with Crippen LogP contribution in [0.4, 0.5) is 0 Å². The SMILES string of the molecule is CN(C(=O)c1cc(Br)ccc1I)C1CCC(C)(C)CC1. The summed E-state index contributed by atoms with van der Waals surface area (Å²) in [6.45, 7) is 4.64. The number of nitrogens with zero attached hydrogens (tertiary/aromatic N) is 1. The summed E-state index contributed by atoms with van der Waals surface area (Å²) in [5, 5.41) is 0. The molecule has 1 fully saturated rings. The predicted molar refractivity (Wildman–Crippen MR) is 95.0 cm³/mol. The highest BCUT2D eigenvalue weighted by molar-refractivity contribution is 14.1. The van der Waals surface area contributed by atoms with Gasteiger partial charge in [0.2, 0.25) is 0 Å². The van der Waals surface area contributed by atoms with E-state index in [1.54, 1.807) is 0 Å². The summed E-state index contributed by atoms with van der Waals surface area (Å²) in [5.41, 5.74) is 1.23. The van der Waals surface area contributed by atoms with Gasteiger partial charge >= 0.3 is 0 Å². The van der Waals surface area contributed by atoms with Gasteiger partial charge in [-0.25, -0.2) is 0 Å². The van der Waals surface area contributed by atoms with E-state index in [0.717, 1.165) is 26.4 Å². The van der Waals surface area contributed by atoms with E-state index in [-0.39, 0.29) is 5.91 Å². The molecule has 2 rings (SSSR count). The lowest BCUT2D eigenvalue weighted by molar-refractivity contribution is 0.0634. The first-order valence-corrected chi connectivity index (χ1v) is 8.89. The Morgan fingerprint density at radius 2 is 1.95 bits per heavy atom. The monoisotopic (exact) mass is 449 g/mol. The van der Waals surface area contributed by atoms with E-state index in [4.69, 9.17) is 0 Å². The molecule has 0 bridgehead atoms. The van der Waals surface area contributed by atoms with Crippen molar-refractivity contribution in [3.05, 3.63) is 31.8 Å². The third kappa shape index (κ3) is 3.75. The van der Waals surface area contributed by atoms with E-state index in [1.165, 1.54) is 12.8 Å². The zero-order chi connectivity index (χ0) is 14.9. The second-order valence-corrected chi connectivity index (χ2v) is 8.51. The van der Waals surface area contributed by atoms with Crippen molar-refractivity contribution in [1.82, 2.24) is 4.90 Å². The van der Waals surface area contributed by atoms with E-state index in [9.17, 15) is 4.79 Å². The lowest BCUT2D eigenvalue weighted by atomic mass is 9.75. The first-order chi connectivity index (χ1) is 9.30. The van der Waals surface area contributed by atoms with Crippen molar-refractivity contribution >= 4 is 44.4 Å². The minimum absolute atomic E-state index is 0.139. The van der Waals surface area contributed by atoms with Gasteiger partial charge in [-0.2, -0.15) is 0 Å². The number of carbonyl (C=O) groups is 1. The molecule has 1 aromatic rings. The maximum Gasteiger partial charge on any atom is 0.254 e. The van der Waals surface area contributed by atoms with Crippen molar-refractivity contribution in [3.8, 4) is 0 Å². The van der Waals surface area contributed by atoms with Gasteiger partial charge in [-0.3, -0.25) is 4.79 Å². The molecule has 1 saturated carbocycles. The Morgan fingerprint density at radius 3 is 2.55 bits per heavy atom. The normalized spacial score (nSPS) is 18.9. The molecular weight excluding hydrogens is 429 g/mol. The number of rotatable bonds is 2. The number of hydrogen-bond donors (Lipinski definition) is 0. The third-order valence-electron chi connectivity index (χ3n) is 4.34. The number of hydrogen-bond acceptors (Lipinski definition) is 1. The molecule has 0 radical (unpaired) electrons. The van der Waals surface area contributed by atoms with Crippen molar-refractivity contribution in [1.29, 1.82) is 0 Å². The van der Waals surface area contributed by atoms with Crippen molar-refractivity contribution in [3.63, 3.8) is 0 Å². The van der Waals surface area contributed by atoms with Gasteiger partial charge in [-0.15, -0.1) is 0 Å². The largest absolute Gasteiger partial charge is 0.339 e. The minimum Gasteiger partial charge on any atom is -0.339 e. The Hall–Kier alpha value is -0.100. The van der Waals surface area contributed by atoms with Crippen molar-refractivity contribution in [2.75, 3.05) is 7.05 Å². The van der Waals surface area contributed by atoms with E-state index in [1.807, 2.05) is 30.1 Å². The zero-order valence-corrected chi connectivity index (χ0v) is 16.0. The second-order valence-electron chi connectivity index (χ2n) is 6.44. The Bertz CT molecular complexity index is 505. The summed E-state index contributed by atoms with van der Waals surface area (Å²) in [5.74, 6) is 0.139. The Labute approximate surface area is 143 Å². The van der Waals surface area contributed by atoms with Gasteiger partial charge in [0, 0.05) is 21.1 Å². The van der Waals surface area contributed by atoms with Crippen LogP contribution in [0.5, 0.6) is 0 Å². The van der Waals surface area contributed by atoms with Gasteiger partial charge in [0.1, 0.15) is 0 Å². The van der Waals surface area contributed by atoms with Gasteiger partial charge < -0.3 is 4.90 Å². The maximum absolute atomic E-state index is 12.7. The molecule has 0 aromatic heterocycles. The van der Waals surface area contributed by atoms with Gasteiger partial charge in [0.15, 0.2) is 0 Å². The van der Waals surface area contributed by atoms with E-state index >= 15 is 0 Å². The van der Waals surface area contributed by atoms with Crippen LogP contribution in [-0.2, 0) is 0 Å². The van der Waals surface area contributed by atoms with Crippen LogP contribution >= 0.6 is 38.5 Å². The molecule has 0 unspecified atom stereocenters. The van der Waals surface area contributed by atoms with E-state index < -0.39 is 0 Å². The molecule has 0 saturated heterocycles. The Morgan fingerprint density at radius 1 is 1.35 bits per heavy atom. The summed E-state index contributed by atoms with van der Waals surface area (Å²) >= 11 is 5.68. The summed E-state index contributed by atoms with van der Waals surface area (Å²) in [4.78, 5) is 14.6. The molecule has 0 spiro atoms. The summed E-state index contributed by atoms with van der Waals surface area (Å²) in [6.07, 6.45) is 4.62. The third-order valence-corrected chi connectivity index (χ3v) is 5.77. The van der Waals surface area contributed by atoms with Crippen molar-refractivity contribution in [2.45, 2.75) is 45.6 Å². The second kappa shape index (κ2) is 6.34. The standard InChI is InChI=1S/C16H21BrINO/c1-16(2)8-6-12(7-9-16)19(3)15(20)13-10-11(17)4-5-14(13)18/h4-5,10,12H,6-9H2,1-3H3. The smallest absolute Gasteiger partial charge is 0.254 e. The van der Waals surface area contributed by atoms with Crippen molar-refractivity contribution < 1.29 is 4.79 Å². The van der Waals surface area contributed by atoms with Crippen LogP contribution in [0.3, 0.4) is 0 Å². The molecule has 1 aliphatic rings. The Balaban J connectivity index is 2.11. The molecule has 0 heterocycles. The fourth-order valence-electron chi connectivity index (χ4n) is 2.79. The highest BCUT2D eigenvalue weighted by Gasteiger charge is 2.31. The quantitative estimate of drug-likeness (QED) is 0.575. The van der Waals surface area contributed by atoms with Crippen molar-refractivity contribution in [2.24, 2.45) is 5.41 Å². The summed E-state index contributed by atoms with van der Waals surface area (Å²) < 4.78 is 1.97. The van der Waals surface area contributed by atoms with Crippen LogP contribution in [0.25, 0.3) is 0 Å². The highest BCUT2D eigenvalue weighted by atomic mass is 127. The lowest BCUT2D eigenvalue weighted by Crippen LogP contribution is -2.41. The fourth-order valence-corrected chi connectivity index (χ4v) is 3.72. The average Bonchev–Trinajstić information content (AvgIpc) is 2.40. The molecule has 0 aliphatic heterocycles. The molecule has 0 N–H and O–H groups in total. The fraction of sp³-hybridized carbons (Fsp3) is 0.562. The molecule has 1 amide bonds. The number of amides is 1. The maximum atomic E-state index is 12.7. The predicted octanol–water partition coefficient (Wildman–Crippen LogP) is 5.09. The molecule has 20 heavy (non-hydrogen) atoms. The van der Waals surface area contributed by atoms with Crippen LogP contribution in [0.15, 0.2) is 22.7 Å². The van der Waals surface area contributed by atoms with Gasteiger partial charge in [0.05, 0.1) is 5.56 Å². The number of carbonyl (C=O) groups excluding carboxylic acids is 1. The molecule has 2 nitrogen and oxygen atoms in total. The molecular formula is C16H21BrINO.